The molecule has 6 aromatic rings. The Morgan fingerprint density at radius 3 is 1.50 bits per heavy atom. The highest BCUT2D eigenvalue weighted by molar-refractivity contribution is 5.87. The Morgan fingerprint density at radius 1 is 0.480 bits per heavy atom. The molecule has 50 heavy (non-hydrogen) atoms. The first-order valence-corrected chi connectivity index (χ1v) is 17.4. The number of ether oxygens (including phenoxy) is 5. The van der Waals surface area contributed by atoms with E-state index >= 15 is 0 Å². The molecule has 1 fully saturated rings. The summed E-state index contributed by atoms with van der Waals surface area (Å²) in [5.41, 5.74) is 6.57. The van der Waals surface area contributed by atoms with Gasteiger partial charge in [-0.25, -0.2) is 0 Å². The van der Waals surface area contributed by atoms with E-state index in [-0.39, 0.29) is 0 Å². The van der Waals surface area contributed by atoms with Gasteiger partial charge in [-0.15, -0.1) is 0 Å². The van der Waals surface area contributed by atoms with Crippen LogP contribution in [0.3, 0.4) is 0 Å². The number of aryl methyl sites for hydroxylation is 1. The van der Waals surface area contributed by atoms with E-state index in [1.54, 1.807) is 0 Å². The van der Waals surface area contributed by atoms with E-state index in [0.29, 0.717) is 33.0 Å². The molecule has 0 saturated carbocycles. The maximum atomic E-state index is 7.20. The molecule has 0 amide bonds. The summed E-state index contributed by atoms with van der Waals surface area (Å²) in [6.07, 6.45) is -2.35. The van der Waals surface area contributed by atoms with Gasteiger partial charge in [0, 0.05) is 0 Å². The van der Waals surface area contributed by atoms with E-state index in [1.165, 1.54) is 0 Å². The van der Waals surface area contributed by atoms with Crippen LogP contribution in [-0.2, 0) is 50.1 Å². The van der Waals surface area contributed by atoms with Gasteiger partial charge in [-0.05, 0) is 45.5 Å². The van der Waals surface area contributed by atoms with Crippen LogP contribution in [0.15, 0.2) is 158 Å². The van der Waals surface area contributed by atoms with Crippen molar-refractivity contribution in [3.63, 3.8) is 0 Å². The Morgan fingerprint density at radius 2 is 0.940 bits per heavy atom. The summed E-state index contributed by atoms with van der Waals surface area (Å²) in [5.74, 6) is 0. The van der Waals surface area contributed by atoms with Gasteiger partial charge < -0.3 is 23.7 Å². The van der Waals surface area contributed by atoms with Crippen LogP contribution in [0.4, 0.5) is 0 Å². The predicted octanol–water partition coefficient (Wildman–Crippen LogP) is 9.56. The highest BCUT2D eigenvalue weighted by Gasteiger charge is 2.49. The molecule has 0 unspecified atom stereocenters. The maximum absolute atomic E-state index is 7.20. The third-order valence-electron chi connectivity index (χ3n) is 9.23. The van der Waals surface area contributed by atoms with E-state index in [9.17, 15) is 0 Å². The van der Waals surface area contributed by atoms with Gasteiger partial charge in [0.05, 0.1) is 33.0 Å². The number of fused-ring (bicyclic) bond motifs is 1. The third kappa shape index (κ3) is 8.56. The van der Waals surface area contributed by atoms with Crippen LogP contribution >= 0.6 is 0 Å². The van der Waals surface area contributed by atoms with Crippen molar-refractivity contribution in [1.82, 2.24) is 0 Å². The van der Waals surface area contributed by atoms with Crippen molar-refractivity contribution < 1.29 is 23.7 Å². The van der Waals surface area contributed by atoms with Gasteiger partial charge in [-0.3, -0.25) is 0 Å². The predicted molar refractivity (Wildman–Crippen MR) is 197 cm³/mol. The molecule has 1 heterocycles. The van der Waals surface area contributed by atoms with E-state index < -0.39 is 30.5 Å². The number of hydrogen-bond donors (Lipinski definition) is 0. The Labute approximate surface area is 295 Å². The van der Waals surface area contributed by atoms with Crippen molar-refractivity contribution >= 4 is 10.8 Å². The Kier molecular flexibility index (Phi) is 11.4. The SMILES string of the molecule is Cc1cc([C@@H]2O[C@H](COCc3ccccc3)[C@@H](OCc3ccccc3)[C@H](OCc3ccccc3)[C@H]2OCc2ccccc2)c2ccccc2c1. The lowest BCUT2D eigenvalue weighted by Gasteiger charge is -2.46. The number of benzene rings is 6. The standard InChI is InChI=1S/C45H44O5/c1-33-26-38-24-14-15-25-39(38)40(27-33)42-44(48-30-36-20-10-4-11-21-36)45(49-31-37-22-12-5-13-23-37)43(47-29-35-18-8-3-9-19-35)41(50-42)32-46-28-34-16-6-2-7-17-34/h2-27,41-45H,28-32H2,1H3/t41-,42+,43-,44+,45+/m1/s1. The largest absolute Gasteiger partial charge is 0.374 e. The molecule has 7 rings (SSSR count). The fourth-order valence-electron chi connectivity index (χ4n) is 6.77. The van der Waals surface area contributed by atoms with Gasteiger partial charge >= 0.3 is 0 Å². The number of hydrogen-bond acceptors (Lipinski definition) is 5. The topological polar surface area (TPSA) is 46.2 Å². The lowest BCUT2D eigenvalue weighted by atomic mass is 9.87. The summed E-state index contributed by atoms with van der Waals surface area (Å²) in [6.45, 7) is 4.13. The number of rotatable bonds is 14. The summed E-state index contributed by atoms with van der Waals surface area (Å²) in [5, 5.41) is 2.29. The average Bonchev–Trinajstić information content (AvgIpc) is 3.17. The molecular formula is C45H44O5. The smallest absolute Gasteiger partial charge is 0.117 e. The normalized spacial score (nSPS) is 20.5. The van der Waals surface area contributed by atoms with Crippen molar-refractivity contribution in [3.8, 4) is 0 Å². The van der Waals surface area contributed by atoms with Gasteiger partial charge in [0.2, 0.25) is 0 Å². The van der Waals surface area contributed by atoms with Crippen LogP contribution in [0.2, 0.25) is 0 Å². The highest BCUT2D eigenvalue weighted by atomic mass is 16.6. The van der Waals surface area contributed by atoms with Gasteiger partial charge in [-0.2, -0.15) is 0 Å². The minimum atomic E-state index is -0.490. The average molecular weight is 665 g/mol. The molecule has 1 saturated heterocycles. The Balaban J connectivity index is 1.29. The van der Waals surface area contributed by atoms with Crippen LogP contribution < -0.4 is 0 Å². The highest BCUT2D eigenvalue weighted by Crippen LogP contribution is 2.41. The minimum Gasteiger partial charge on any atom is -0.374 e. The summed E-state index contributed by atoms with van der Waals surface area (Å²) >= 11 is 0. The quantitative estimate of drug-likeness (QED) is 0.116. The molecular weight excluding hydrogens is 620 g/mol. The van der Waals surface area contributed by atoms with Crippen LogP contribution in [0.1, 0.15) is 39.5 Å². The molecule has 0 spiro atoms. The monoisotopic (exact) mass is 664 g/mol. The maximum Gasteiger partial charge on any atom is 0.117 e. The van der Waals surface area contributed by atoms with E-state index in [2.05, 4.69) is 91.9 Å². The first kappa shape index (κ1) is 33.9. The lowest BCUT2D eigenvalue weighted by Crippen LogP contribution is -2.58. The zero-order chi connectivity index (χ0) is 34.0. The molecule has 254 valence electrons. The second-order valence-electron chi connectivity index (χ2n) is 13.0. The molecule has 0 radical (unpaired) electrons. The third-order valence-corrected chi connectivity index (χ3v) is 9.23. The fraction of sp³-hybridized carbons (Fsp3) is 0.244. The second kappa shape index (κ2) is 16.9. The van der Waals surface area contributed by atoms with Crippen molar-refractivity contribution in [2.75, 3.05) is 6.61 Å². The lowest BCUT2D eigenvalue weighted by molar-refractivity contribution is -0.274. The summed E-state index contributed by atoms with van der Waals surface area (Å²) in [7, 11) is 0. The molecule has 0 aliphatic carbocycles. The van der Waals surface area contributed by atoms with Gasteiger partial charge in [0.15, 0.2) is 0 Å². The van der Waals surface area contributed by atoms with E-state index in [0.717, 1.165) is 44.2 Å². The van der Waals surface area contributed by atoms with Gasteiger partial charge in [-0.1, -0.05) is 163 Å². The zero-order valence-electron chi connectivity index (χ0n) is 28.5. The Hall–Kier alpha value is -4.62. The van der Waals surface area contributed by atoms with Crippen LogP contribution in [0.5, 0.6) is 0 Å². The molecule has 5 atom stereocenters. The van der Waals surface area contributed by atoms with Gasteiger partial charge in [0.25, 0.3) is 0 Å². The van der Waals surface area contributed by atoms with E-state index in [1.807, 2.05) is 72.8 Å². The Bertz CT molecular complexity index is 1900. The molecule has 5 nitrogen and oxygen atoms in total. The van der Waals surface area contributed by atoms with Crippen LogP contribution in [0.25, 0.3) is 10.8 Å². The van der Waals surface area contributed by atoms with Crippen molar-refractivity contribution in [2.24, 2.45) is 0 Å². The van der Waals surface area contributed by atoms with Crippen molar-refractivity contribution in [3.05, 3.63) is 191 Å². The molecule has 1 aliphatic heterocycles. The molecule has 0 bridgehead atoms. The molecule has 6 aromatic carbocycles. The summed E-state index contributed by atoms with van der Waals surface area (Å²) < 4.78 is 34.4. The zero-order valence-corrected chi connectivity index (χ0v) is 28.5. The molecule has 5 heteroatoms. The van der Waals surface area contributed by atoms with Gasteiger partial charge in [0.1, 0.15) is 30.5 Å². The molecule has 1 aliphatic rings. The van der Waals surface area contributed by atoms with Crippen LogP contribution in [-0.4, -0.2) is 31.0 Å². The molecule has 0 N–H and O–H groups in total. The van der Waals surface area contributed by atoms with E-state index in [4.69, 9.17) is 23.7 Å². The fourth-order valence-corrected chi connectivity index (χ4v) is 6.77. The van der Waals surface area contributed by atoms with Crippen molar-refractivity contribution in [1.29, 1.82) is 0 Å². The van der Waals surface area contributed by atoms with Crippen molar-refractivity contribution in [2.45, 2.75) is 63.9 Å². The first-order valence-electron chi connectivity index (χ1n) is 17.4. The first-order chi connectivity index (χ1) is 24.7. The minimum absolute atomic E-state index is 0.325. The summed E-state index contributed by atoms with van der Waals surface area (Å²) in [4.78, 5) is 0. The molecule has 0 aromatic heterocycles. The second-order valence-corrected chi connectivity index (χ2v) is 13.0. The summed E-state index contributed by atoms with van der Waals surface area (Å²) in [6, 6.07) is 54.0. The van der Waals surface area contributed by atoms with Crippen LogP contribution in [0, 0.1) is 6.92 Å².